The predicted octanol–water partition coefficient (Wildman–Crippen LogP) is 6.20. The smallest absolute Gasteiger partial charge is 0.253 e. The average Bonchev–Trinajstić information content (AvgIpc) is 2.98. The number of hydrogen-bond donors (Lipinski definition) is 1. The van der Waals surface area contributed by atoms with Crippen molar-refractivity contribution in [2.45, 2.75) is 29.9 Å². The maximum atomic E-state index is 13.7. The zero-order chi connectivity index (χ0) is 30.4. The van der Waals surface area contributed by atoms with Gasteiger partial charge in [-0.05, 0) is 77.9 Å². The first-order valence-electron chi connectivity index (χ1n) is 14.2. The minimum atomic E-state index is -3.78. The third-order valence-corrected chi connectivity index (χ3v) is 9.51. The van der Waals surface area contributed by atoms with Crippen LogP contribution in [0.3, 0.4) is 0 Å². The van der Waals surface area contributed by atoms with Crippen LogP contribution in [-0.4, -0.2) is 51.9 Å². The summed E-state index contributed by atoms with van der Waals surface area (Å²) in [4.78, 5) is 27.0. The number of benzene rings is 4. The molecule has 0 aliphatic carbocycles. The SMILES string of the molecule is COc1ccc(-c2cccc(C(=O)N3CCC3)c2)cc1S(=O)(=O)Cc1cccc(CCCNC(=O)c2ccccc2Cl)c1. The van der Waals surface area contributed by atoms with Crippen molar-refractivity contribution in [3.63, 3.8) is 0 Å². The fraction of sp³-hybridized carbons (Fsp3) is 0.235. The van der Waals surface area contributed by atoms with Crippen molar-refractivity contribution < 1.29 is 22.7 Å². The molecule has 1 heterocycles. The Morgan fingerprint density at radius 3 is 2.37 bits per heavy atom. The number of likely N-dealkylation sites (tertiary alicyclic amines) is 1. The van der Waals surface area contributed by atoms with Crippen LogP contribution in [0.5, 0.6) is 5.75 Å². The molecule has 1 N–H and O–H groups in total. The van der Waals surface area contributed by atoms with E-state index in [9.17, 15) is 18.0 Å². The highest BCUT2D eigenvalue weighted by Gasteiger charge is 2.24. The van der Waals surface area contributed by atoms with E-state index in [1.807, 2.05) is 30.3 Å². The van der Waals surface area contributed by atoms with Gasteiger partial charge in [0.05, 0.1) is 23.4 Å². The number of ether oxygens (including phenoxy) is 1. The molecule has 9 heteroatoms. The van der Waals surface area contributed by atoms with Gasteiger partial charge in [0.2, 0.25) is 0 Å². The van der Waals surface area contributed by atoms with Crippen LogP contribution in [0, 0.1) is 0 Å². The Morgan fingerprint density at radius 2 is 1.63 bits per heavy atom. The van der Waals surface area contributed by atoms with Crippen molar-refractivity contribution >= 4 is 33.3 Å². The molecule has 0 unspecified atom stereocenters. The molecular formula is C34H33ClN2O5S. The monoisotopic (exact) mass is 616 g/mol. The summed E-state index contributed by atoms with van der Waals surface area (Å²) in [6, 6.07) is 26.7. The number of methoxy groups -OCH3 is 1. The average molecular weight is 617 g/mol. The maximum Gasteiger partial charge on any atom is 0.253 e. The normalized spacial score (nSPS) is 12.8. The summed E-state index contributed by atoms with van der Waals surface area (Å²) in [6.07, 6.45) is 2.36. The van der Waals surface area contributed by atoms with Crippen molar-refractivity contribution in [3.05, 3.63) is 118 Å². The fourth-order valence-corrected chi connectivity index (χ4v) is 6.80. The number of carbonyl (C=O) groups is 2. The molecule has 0 radical (unpaired) electrons. The second-order valence-corrected chi connectivity index (χ2v) is 12.9. The van der Waals surface area contributed by atoms with Crippen LogP contribution < -0.4 is 10.1 Å². The van der Waals surface area contributed by atoms with Crippen molar-refractivity contribution in [1.82, 2.24) is 10.2 Å². The summed E-state index contributed by atoms with van der Waals surface area (Å²) >= 11 is 6.10. The van der Waals surface area contributed by atoms with Crippen molar-refractivity contribution in [2.24, 2.45) is 0 Å². The van der Waals surface area contributed by atoms with Crippen LogP contribution in [0.25, 0.3) is 11.1 Å². The van der Waals surface area contributed by atoms with Crippen LogP contribution in [0.15, 0.2) is 95.9 Å². The van der Waals surface area contributed by atoms with Gasteiger partial charge in [0.15, 0.2) is 9.84 Å². The maximum absolute atomic E-state index is 13.7. The summed E-state index contributed by atoms with van der Waals surface area (Å²) in [7, 11) is -2.33. The molecule has 2 amide bonds. The number of aryl methyl sites for hydroxylation is 1. The Balaban J connectivity index is 1.27. The Kier molecular flexibility index (Phi) is 9.48. The lowest BCUT2D eigenvalue weighted by atomic mass is 10.0. The predicted molar refractivity (Wildman–Crippen MR) is 168 cm³/mol. The zero-order valence-electron chi connectivity index (χ0n) is 23.9. The largest absolute Gasteiger partial charge is 0.495 e. The highest BCUT2D eigenvalue weighted by atomic mass is 35.5. The van der Waals surface area contributed by atoms with Gasteiger partial charge in [-0.15, -0.1) is 0 Å². The van der Waals surface area contributed by atoms with E-state index in [1.54, 1.807) is 65.6 Å². The van der Waals surface area contributed by atoms with Crippen LogP contribution >= 0.6 is 11.6 Å². The second-order valence-electron chi connectivity index (χ2n) is 10.5. The van der Waals surface area contributed by atoms with Gasteiger partial charge in [-0.3, -0.25) is 9.59 Å². The molecule has 222 valence electrons. The highest BCUT2D eigenvalue weighted by molar-refractivity contribution is 7.90. The van der Waals surface area contributed by atoms with Crippen LogP contribution in [0.2, 0.25) is 5.02 Å². The molecule has 1 aliphatic rings. The van der Waals surface area contributed by atoms with E-state index in [2.05, 4.69) is 5.32 Å². The van der Waals surface area contributed by atoms with E-state index < -0.39 is 9.84 Å². The van der Waals surface area contributed by atoms with Crippen LogP contribution in [0.4, 0.5) is 0 Å². The lowest BCUT2D eigenvalue weighted by molar-refractivity contribution is 0.0651. The topological polar surface area (TPSA) is 92.8 Å². The second kappa shape index (κ2) is 13.4. The van der Waals surface area contributed by atoms with Gasteiger partial charge in [0, 0.05) is 25.2 Å². The van der Waals surface area contributed by atoms with Crippen molar-refractivity contribution in [1.29, 1.82) is 0 Å². The van der Waals surface area contributed by atoms with Gasteiger partial charge in [0.1, 0.15) is 10.6 Å². The lowest BCUT2D eigenvalue weighted by Gasteiger charge is -2.31. The Labute approximate surface area is 257 Å². The van der Waals surface area contributed by atoms with E-state index in [0.29, 0.717) is 46.7 Å². The minimum Gasteiger partial charge on any atom is -0.495 e. The molecule has 0 saturated carbocycles. The number of halogens is 1. The van der Waals surface area contributed by atoms with Crippen molar-refractivity contribution in [2.75, 3.05) is 26.7 Å². The molecular weight excluding hydrogens is 584 g/mol. The van der Waals surface area contributed by atoms with Gasteiger partial charge in [-0.2, -0.15) is 0 Å². The molecule has 43 heavy (non-hydrogen) atoms. The molecule has 1 fully saturated rings. The molecule has 0 aromatic heterocycles. The van der Waals surface area contributed by atoms with E-state index in [4.69, 9.17) is 16.3 Å². The number of amides is 2. The third-order valence-electron chi connectivity index (χ3n) is 7.48. The molecule has 5 rings (SSSR count). The quantitative estimate of drug-likeness (QED) is 0.203. The first kappa shape index (κ1) is 30.3. The van der Waals surface area contributed by atoms with Gasteiger partial charge in [0.25, 0.3) is 11.8 Å². The van der Waals surface area contributed by atoms with E-state index in [-0.39, 0.29) is 28.2 Å². The molecule has 1 aliphatic heterocycles. The van der Waals surface area contributed by atoms with Gasteiger partial charge in [-0.25, -0.2) is 8.42 Å². The zero-order valence-corrected chi connectivity index (χ0v) is 25.5. The molecule has 1 saturated heterocycles. The third kappa shape index (κ3) is 7.27. The first-order valence-corrected chi connectivity index (χ1v) is 16.2. The molecule has 4 aromatic rings. The van der Waals surface area contributed by atoms with Crippen LogP contribution in [0.1, 0.15) is 44.7 Å². The van der Waals surface area contributed by atoms with Crippen molar-refractivity contribution in [3.8, 4) is 16.9 Å². The Hall–Kier alpha value is -4.14. The summed E-state index contributed by atoms with van der Waals surface area (Å²) in [5.74, 6) is -0.174. The summed E-state index contributed by atoms with van der Waals surface area (Å²) in [5, 5.41) is 3.29. The fourth-order valence-electron chi connectivity index (χ4n) is 5.04. The minimum absolute atomic E-state index is 0.0164. The number of nitrogens with one attached hydrogen (secondary N) is 1. The van der Waals surface area contributed by atoms with Crippen LogP contribution in [-0.2, 0) is 22.0 Å². The van der Waals surface area contributed by atoms with Gasteiger partial charge in [-0.1, -0.05) is 66.2 Å². The first-order chi connectivity index (χ1) is 20.7. The highest BCUT2D eigenvalue weighted by Crippen LogP contribution is 2.33. The molecule has 0 spiro atoms. The van der Waals surface area contributed by atoms with E-state index in [0.717, 1.165) is 30.6 Å². The van der Waals surface area contributed by atoms with E-state index in [1.165, 1.54) is 7.11 Å². The summed E-state index contributed by atoms with van der Waals surface area (Å²) < 4.78 is 32.8. The number of rotatable bonds is 11. The standard InChI is InChI=1S/C34H33ClN2O5S/c1-42-31-16-15-27(26-11-5-12-28(21-26)34(39)37-18-7-19-37)22-32(31)43(40,41)23-25-9-4-8-24(20-25)10-6-17-36-33(38)29-13-2-3-14-30(29)35/h2-5,8-9,11-16,20-22H,6-7,10,17-19,23H2,1H3,(H,36,38). The molecule has 0 bridgehead atoms. The van der Waals surface area contributed by atoms with Gasteiger partial charge < -0.3 is 15.0 Å². The number of nitrogens with zero attached hydrogens (tertiary/aromatic N) is 1. The lowest BCUT2D eigenvalue weighted by Crippen LogP contribution is -2.41. The van der Waals surface area contributed by atoms with Gasteiger partial charge >= 0.3 is 0 Å². The molecule has 4 aromatic carbocycles. The molecule has 7 nitrogen and oxygen atoms in total. The van der Waals surface area contributed by atoms with E-state index >= 15 is 0 Å². The number of hydrogen-bond acceptors (Lipinski definition) is 5. The number of carbonyl (C=O) groups excluding carboxylic acids is 2. The molecule has 0 atom stereocenters. The number of sulfone groups is 1. The summed E-state index contributed by atoms with van der Waals surface area (Å²) in [5.41, 5.74) is 4.09. The Bertz CT molecular complexity index is 1750. The summed E-state index contributed by atoms with van der Waals surface area (Å²) in [6.45, 7) is 1.98. The Morgan fingerprint density at radius 1 is 0.884 bits per heavy atom.